The molecule has 0 bridgehead atoms. The number of likely N-dealkylation sites (N-methyl/N-ethyl adjacent to an activating group) is 1. The minimum atomic E-state index is -3.45. The molecule has 1 N–H and O–H groups in total. The number of carboxylic acids is 1. The van der Waals surface area contributed by atoms with Crippen LogP contribution >= 0.6 is 0 Å². The van der Waals surface area contributed by atoms with E-state index < -0.39 is 27.4 Å². The van der Waals surface area contributed by atoms with Gasteiger partial charge >= 0.3 is 5.97 Å². The minimum Gasteiger partial charge on any atom is -0.480 e. The first-order valence-electron chi connectivity index (χ1n) is 6.55. The standard InChI is InChI=1S/C13H17N3O5S/c1-13(2,12(18)19)15(3)11(17)9-4-5-10-14-22(20,21)7-6-16(10)8-9/h4-5,8H,6-7H2,1-3H3,(H,18,19). The minimum absolute atomic E-state index is 0.126. The van der Waals surface area contributed by atoms with Crippen molar-refractivity contribution < 1.29 is 23.1 Å². The summed E-state index contributed by atoms with van der Waals surface area (Å²) in [5.41, 5.74) is -1.08. The van der Waals surface area contributed by atoms with Gasteiger partial charge in [0.25, 0.3) is 15.9 Å². The van der Waals surface area contributed by atoms with E-state index in [1.54, 1.807) is 4.90 Å². The van der Waals surface area contributed by atoms with Gasteiger partial charge < -0.3 is 14.9 Å². The largest absolute Gasteiger partial charge is 0.480 e. The van der Waals surface area contributed by atoms with Crippen molar-refractivity contribution in [2.45, 2.75) is 19.4 Å². The summed E-state index contributed by atoms with van der Waals surface area (Å²) in [6, 6.07) is 0. The first-order chi connectivity index (χ1) is 10.0. The van der Waals surface area contributed by atoms with Crippen molar-refractivity contribution in [1.82, 2.24) is 9.80 Å². The maximum absolute atomic E-state index is 12.4. The van der Waals surface area contributed by atoms with Gasteiger partial charge in [0.05, 0.1) is 11.3 Å². The number of sulfonamides is 1. The first kappa shape index (κ1) is 16.2. The monoisotopic (exact) mass is 327 g/mol. The topological polar surface area (TPSA) is 107 Å². The molecular weight excluding hydrogens is 310 g/mol. The van der Waals surface area contributed by atoms with Gasteiger partial charge in [-0.3, -0.25) is 4.79 Å². The number of carboxylic acid groups (broad SMARTS) is 1. The summed E-state index contributed by atoms with van der Waals surface area (Å²) in [4.78, 5) is 26.3. The van der Waals surface area contributed by atoms with E-state index in [2.05, 4.69) is 4.40 Å². The molecule has 2 rings (SSSR count). The number of amidine groups is 1. The Morgan fingerprint density at radius 2 is 2.00 bits per heavy atom. The fourth-order valence-electron chi connectivity index (χ4n) is 1.92. The molecule has 0 aliphatic carbocycles. The van der Waals surface area contributed by atoms with Crippen LogP contribution in [0.5, 0.6) is 0 Å². The second kappa shape index (κ2) is 5.24. The van der Waals surface area contributed by atoms with Crippen LogP contribution in [0, 0.1) is 0 Å². The Hall–Kier alpha value is -2.16. The molecule has 0 atom stereocenters. The third-order valence-corrected chi connectivity index (χ3v) is 4.90. The van der Waals surface area contributed by atoms with Crippen LogP contribution in [0.1, 0.15) is 13.8 Å². The van der Waals surface area contributed by atoms with Gasteiger partial charge in [-0.05, 0) is 26.0 Å². The SMILES string of the molecule is CN(C(=O)C1=CN2CCS(=O)(=O)N=C2C=C1)C(C)(C)C(=O)O. The van der Waals surface area contributed by atoms with Gasteiger partial charge in [0, 0.05) is 19.8 Å². The van der Waals surface area contributed by atoms with Crippen molar-refractivity contribution in [3.63, 3.8) is 0 Å². The van der Waals surface area contributed by atoms with E-state index in [0.717, 1.165) is 4.90 Å². The van der Waals surface area contributed by atoms with E-state index >= 15 is 0 Å². The highest BCUT2D eigenvalue weighted by Gasteiger charge is 2.36. The highest BCUT2D eigenvalue weighted by Crippen LogP contribution is 2.20. The second-order valence-corrected chi connectivity index (χ2v) is 7.33. The summed E-state index contributed by atoms with van der Waals surface area (Å²) < 4.78 is 26.5. The fraction of sp³-hybridized carbons (Fsp3) is 0.462. The lowest BCUT2D eigenvalue weighted by atomic mass is 10.0. The summed E-state index contributed by atoms with van der Waals surface area (Å²) in [5.74, 6) is -1.45. The van der Waals surface area contributed by atoms with E-state index in [9.17, 15) is 23.1 Å². The van der Waals surface area contributed by atoms with Crippen LogP contribution in [0.4, 0.5) is 0 Å². The molecule has 0 spiro atoms. The lowest BCUT2D eigenvalue weighted by molar-refractivity contribution is -0.153. The van der Waals surface area contributed by atoms with Crippen LogP contribution in [-0.2, 0) is 19.6 Å². The molecule has 22 heavy (non-hydrogen) atoms. The Labute approximate surface area is 128 Å². The Morgan fingerprint density at radius 3 is 2.59 bits per heavy atom. The van der Waals surface area contributed by atoms with Crippen LogP contribution in [0.25, 0.3) is 0 Å². The van der Waals surface area contributed by atoms with Crippen molar-refractivity contribution in [3.8, 4) is 0 Å². The molecular formula is C13H17N3O5S. The highest BCUT2D eigenvalue weighted by atomic mass is 32.2. The number of fused-ring (bicyclic) bond motifs is 1. The molecule has 0 saturated heterocycles. The molecule has 2 heterocycles. The van der Waals surface area contributed by atoms with Crippen LogP contribution in [0.3, 0.4) is 0 Å². The molecule has 9 heteroatoms. The molecule has 0 fully saturated rings. The molecule has 1 amide bonds. The summed E-state index contributed by atoms with van der Waals surface area (Å²) in [5, 5.41) is 9.18. The van der Waals surface area contributed by atoms with E-state index in [1.165, 1.54) is 39.2 Å². The number of carbonyl (C=O) groups excluding carboxylic acids is 1. The number of carbonyl (C=O) groups is 2. The van der Waals surface area contributed by atoms with Crippen LogP contribution in [-0.4, -0.2) is 65.9 Å². The van der Waals surface area contributed by atoms with Crippen molar-refractivity contribution in [3.05, 3.63) is 23.9 Å². The van der Waals surface area contributed by atoms with Crippen molar-refractivity contribution in [2.75, 3.05) is 19.3 Å². The quantitative estimate of drug-likeness (QED) is 0.769. The summed E-state index contributed by atoms with van der Waals surface area (Å²) in [6.07, 6.45) is 4.36. The Morgan fingerprint density at radius 1 is 1.36 bits per heavy atom. The van der Waals surface area contributed by atoms with E-state index in [4.69, 9.17) is 0 Å². The third-order valence-electron chi connectivity index (χ3n) is 3.74. The predicted molar refractivity (Wildman–Crippen MR) is 79.6 cm³/mol. The van der Waals surface area contributed by atoms with Gasteiger partial charge in [-0.2, -0.15) is 0 Å². The first-order valence-corrected chi connectivity index (χ1v) is 8.16. The number of amides is 1. The molecule has 2 aliphatic heterocycles. The molecule has 8 nitrogen and oxygen atoms in total. The zero-order chi connectivity index (χ0) is 16.7. The fourth-order valence-corrected chi connectivity index (χ4v) is 2.89. The maximum Gasteiger partial charge on any atom is 0.329 e. The smallest absolute Gasteiger partial charge is 0.329 e. The Bertz CT molecular complexity index is 718. The van der Waals surface area contributed by atoms with Gasteiger partial charge in [-0.15, -0.1) is 4.40 Å². The molecule has 0 radical (unpaired) electrons. The van der Waals surface area contributed by atoms with Crippen LogP contribution in [0.15, 0.2) is 28.3 Å². The van der Waals surface area contributed by atoms with E-state index in [1.807, 2.05) is 0 Å². The zero-order valence-corrected chi connectivity index (χ0v) is 13.3. The molecule has 0 aromatic rings. The lowest BCUT2D eigenvalue weighted by Gasteiger charge is -2.33. The van der Waals surface area contributed by atoms with Crippen LogP contribution < -0.4 is 0 Å². The molecule has 120 valence electrons. The van der Waals surface area contributed by atoms with Crippen molar-refractivity contribution in [1.29, 1.82) is 0 Å². The third kappa shape index (κ3) is 2.89. The Kier molecular flexibility index (Phi) is 3.86. The number of aliphatic carboxylic acids is 1. The summed E-state index contributed by atoms with van der Waals surface area (Å²) in [7, 11) is -2.04. The Balaban J connectivity index is 2.26. The van der Waals surface area contributed by atoms with Gasteiger partial charge in [-0.1, -0.05) is 0 Å². The van der Waals surface area contributed by atoms with E-state index in [-0.39, 0.29) is 23.7 Å². The molecule has 0 aromatic carbocycles. The van der Waals surface area contributed by atoms with E-state index in [0.29, 0.717) is 0 Å². The summed E-state index contributed by atoms with van der Waals surface area (Å²) >= 11 is 0. The lowest BCUT2D eigenvalue weighted by Crippen LogP contribution is -2.51. The average molecular weight is 327 g/mol. The van der Waals surface area contributed by atoms with Crippen LogP contribution in [0.2, 0.25) is 0 Å². The molecule has 0 unspecified atom stereocenters. The average Bonchev–Trinajstić information content (AvgIpc) is 2.44. The second-order valence-electron chi connectivity index (χ2n) is 5.58. The number of hydrogen-bond donors (Lipinski definition) is 1. The molecule has 0 aromatic heterocycles. The van der Waals surface area contributed by atoms with Gasteiger partial charge in [0.1, 0.15) is 11.4 Å². The number of rotatable bonds is 3. The number of nitrogens with zero attached hydrogens (tertiary/aromatic N) is 3. The molecule has 0 saturated carbocycles. The van der Waals surface area contributed by atoms with Crippen molar-refractivity contribution in [2.24, 2.45) is 4.40 Å². The summed E-state index contributed by atoms with van der Waals surface area (Å²) in [6.45, 7) is 3.07. The zero-order valence-electron chi connectivity index (χ0n) is 12.5. The normalized spacial score (nSPS) is 19.9. The van der Waals surface area contributed by atoms with Gasteiger partial charge in [-0.25, -0.2) is 13.2 Å². The molecule has 2 aliphatic rings. The van der Waals surface area contributed by atoms with Gasteiger partial charge in [0.2, 0.25) is 0 Å². The van der Waals surface area contributed by atoms with Crippen molar-refractivity contribution >= 4 is 27.7 Å². The maximum atomic E-state index is 12.4. The predicted octanol–water partition coefficient (Wildman–Crippen LogP) is -0.194. The number of hydrogen-bond acceptors (Lipinski definition) is 5. The highest BCUT2D eigenvalue weighted by molar-refractivity contribution is 7.90. The van der Waals surface area contributed by atoms with Gasteiger partial charge in [0.15, 0.2) is 0 Å².